The van der Waals surface area contributed by atoms with Gasteiger partial charge in [-0.2, -0.15) is 0 Å². The van der Waals surface area contributed by atoms with Gasteiger partial charge < -0.3 is 18.6 Å². The number of hydrogen-bond donors (Lipinski definition) is 0. The van der Waals surface area contributed by atoms with Gasteiger partial charge in [-0.05, 0) is 52.3 Å². The highest BCUT2D eigenvalue weighted by Gasteiger charge is 2.50. The molecule has 0 saturated heterocycles. The average Bonchev–Trinajstić information content (AvgIpc) is 2.73. The summed E-state index contributed by atoms with van der Waals surface area (Å²) in [6.07, 6.45) is 0.259. The minimum atomic E-state index is -1.02. The SMILES string of the molecule is C/C=C(/C)C(=O)O[C@H]1c2c(ccc3ccc(=O)oc23)OC(C)(C)[C@H]1OC(=O)C(C)CC. The van der Waals surface area contributed by atoms with E-state index in [1.165, 1.54) is 6.07 Å². The Morgan fingerprint density at radius 1 is 1.19 bits per heavy atom. The minimum absolute atomic E-state index is 0.237. The highest BCUT2D eigenvalue weighted by atomic mass is 16.6. The molecule has 7 nitrogen and oxygen atoms in total. The second-order valence-electron chi connectivity index (χ2n) is 8.32. The molecule has 1 aromatic heterocycles. The Morgan fingerprint density at radius 3 is 2.52 bits per heavy atom. The van der Waals surface area contributed by atoms with E-state index in [1.807, 2.05) is 6.92 Å². The second kappa shape index (κ2) is 8.57. The number of esters is 2. The molecule has 3 rings (SSSR count). The number of ether oxygens (including phenoxy) is 3. The molecule has 0 aliphatic carbocycles. The number of allylic oxidation sites excluding steroid dienone is 1. The standard InChI is InChI=1S/C24H28O7/c1-7-13(3)22(26)29-20-18-16(11-9-15-10-12-17(25)28-19(15)18)31-24(5,6)21(20)30-23(27)14(4)8-2/h7,9-12,14,20-21H,8H2,1-6H3/b13-7-/t14?,20-,21-/m0/s1. The molecule has 2 aromatic rings. The van der Waals surface area contributed by atoms with Gasteiger partial charge in [0.05, 0.1) is 11.5 Å². The molecule has 3 atom stereocenters. The van der Waals surface area contributed by atoms with Crippen LogP contribution in [0.2, 0.25) is 0 Å². The molecular formula is C24H28O7. The van der Waals surface area contributed by atoms with Crippen LogP contribution >= 0.6 is 0 Å². The Labute approximate surface area is 181 Å². The van der Waals surface area contributed by atoms with E-state index in [0.29, 0.717) is 28.7 Å². The molecule has 7 heteroatoms. The van der Waals surface area contributed by atoms with Crippen molar-refractivity contribution in [3.8, 4) is 5.75 Å². The molecule has 0 bridgehead atoms. The van der Waals surface area contributed by atoms with Crippen molar-refractivity contribution in [3.63, 3.8) is 0 Å². The smallest absolute Gasteiger partial charge is 0.336 e. The maximum Gasteiger partial charge on any atom is 0.336 e. The van der Waals surface area contributed by atoms with Crippen LogP contribution < -0.4 is 10.4 Å². The summed E-state index contributed by atoms with van der Waals surface area (Å²) in [4.78, 5) is 37.4. The number of hydrogen-bond acceptors (Lipinski definition) is 7. The summed E-state index contributed by atoms with van der Waals surface area (Å²) in [5.41, 5.74) is -0.545. The molecule has 2 heterocycles. The molecule has 1 aromatic carbocycles. The molecule has 1 unspecified atom stereocenters. The van der Waals surface area contributed by atoms with Gasteiger partial charge in [0.1, 0.15) is 16.9 Å². The van der Waals surface area contributed by atoms with E-state index in [0.717, 1.165) is 0 Å². The maximum atomic E-state index is 12.7. The van der Waals surface area contributed by atoms with Gasteiger partial charge in [-0.1, -0.05) is 19.9 Å². The van der Waals surface area contributed by atoms with E-state index in [1.54, 1.807) is 58.9 Å². The van der Waals surface area contributed by atoms with E-state index in [-0.39, 0.29) is 11.5 Å². The van der Waals surface area contributed by atoms with E-state index in [4.69, 9.17) is 18.6 Å². The van der Waals surface area contributed by atoms with Crippen LogP contribution in [0.3, 0.4) is 0 Å². The molecule has 0 N–H and O–H groups in total. The first-order valence-electron chi connectivity index (χ1n) is 10.4. The Kier molecular flexibility index (Phi) is 6.25. The van der Waals surface area contributed by atoms with Crippen LogP contribution in [0, 0.1) is 5.92 Å². The van der Waals surface area contributed by atoms with Gasteiger partial charge in [0.2, 0.25) is 0 Å². The predicted molar refractivity (Wildman–Crippen MR) is 115 cm³/mol. The number of fused-ring (bicyclic) bond motifs is 3. The van der Waals surface area contributed by atoms with Crippen LogP contribution in [0.1, 0.15) is 59.6 Å². The number of carbonyl (C=O) groups excluding carboxylic acids is 2. The molecule has 0 fully saturated rings. The van der Waals surface area contributed by atoms with Crippen LogP contribution in [0.5, 0.6) is 5.75 Å². The number of rotatable bonds is 5. The summed E-state index contributed by atoms with van der Waals surface area (Å²) in [6.45, 7) is 10.5. The van der Waals surface area contributed by atoms with Gasteiger partial charge in [0, 0.05) is 17.0 Å². The lowest BCUT2D eigenvalue weighted by molar-refractivity contribution is -0.191. The summed E-state index contributed by atoms with van der Waals surface area (Å²) in [7, 11) is 0. The van der Waals surface area contributed by atoms with Crippen molar-refractivity contribution in [1.82, 2.24) is 0 Å². The second-order valence-corrected chi connectivity index (χ2v) is 8.32. The quantitative estimate of drug-likeness (QED) is 0.394. The van der Waals surface area contributed by atoms with E-state index in [9.17, 15) is 14.4 Å². The highest BCUT2D eigenvalue weighted by Crippen LogP contribution is 2.46. The summed E-state index contributed by atoms with van der Waals surface area (Å²) < 4.78 is 23.3. The Morgan fingerprint density at radius 2 is 1.87 bits per heavy atom. The fourth-order valence-corrected chi connectivity index (χ4v) is 3.41. The van der Waals surface area contributed by atoms with Gasteiger partial charge in [-0.25, -0.2) is 9.59 Å². The van der Waals surface area contributed by atoms with Crippen LogP contribution in [-0.4, -0.2) is 23.6 Å². The first-order chi connectivity index (χ1) is 14.6. The molecule has 0 saturated carbocycles. The Bertz CT molecular complexity index is 1090. The minimum Gasteiger partial charge on any atom is -0.483 e. The largest absolute Gasteiger partial charge is 0.483 e. The van der Waals surface area contributed by atoms with Crippen LogP contribution in [0.25, 0.3) is 11.0 Å². The molecule has 166 valence electrons. The Hall–Kier alpha value is -3.09. The molecule has 1 aliphatic heterocycles. The van der Waals surface area contributed by atoms with Gasteiger partial charge in [-0.3, -0.25) is 4.79 Å². The van der Waals surface area contributed by atoms with Crippen molar-refractivity contribution in [2.75, 3.05) is 0 Å². The van der Waals surface area contributed by atoms with Gasteiger partial charge in [0.15, 0.2) is 12.2 Å². The molecular weight excluding hydrogens is 400 g/mol. The van der Waals surface area contributed by atoms with Crippen LogP contribution in [0.15, 0.2) is 45.1 Å². The third kappa shape index (κ3) is 4.36. The summed E-state index contributed by atoms with van der Waals surface area (Å²) in [5, 5.41) is 0.637. The third-order valence-electron chi connectivity index (χ3n) is 5.65. The van der Waals surface area contributed by atoms with Crippen molar-refractivity contribution in [2.24, 2.45) is 5.92 Å². The highest BCUT2D eigenvalue weighted by molar-refractivity contribution is 5.89. The van der Waals surface area contributed by atoms with Crippen molar-refractivity contribution in [3.05, 3.63) is 51.9 Å². The number of carbonyl (C=O) groups is 2. The third-order valence-corrected chi connectivity index (χ3v) is 5.65. The zero-order valence-electron chi connectivity index (χ0n) is 18.7. The maximum absolute atomic E-state index is 12.7. The average molecular weight is 428 g/mol. The van der Waals surface area contributed by atoms with E-state index in [2.05, 4.69) is 0 Å². The lowest BCUT2D eigenvalue weighted by atomic mass is 9.87. The zero-order valence-corrected chi connectivity index (χ0v) is 18.7. The zero-order chi connectivity index (χ0) is 22.9. The summed E-state index contributed by atoms with van der Waals surface area (Å²) in [6, 6.07) is 6.43. The van der Waals surface area contributed by atoms with Gasteiger partial charge >= 0.3 is 17.6 Å². The van der Waals surface area contributed by atoms with Crippen molar-refractivity contribution in [2.45, 2.75) is 65.8 Å². The van der Waals surface area contributed by atoms with Gasteiger partial charge in [0.25, 0.3) is 0 Å². The molecule has 31 heavy (non-hydrogen) atoms. The number of benzene rings is 1. The van der Waals surface area contributed by atoms with E-state index < -0.39 is 35.4 Å². The fourth-order valence-electron chi connectivity index (χ4n) is 3.41. The first kappa shape index (κ1) is 22.6. The predicted octanol–water partition coefficient (Wildman–Crippen LogP) is 4.47. The normalized spacial score (nSPS) is 21.0. The van der Waals surface area contributed by atoms with Crippen LogP contribution in [0.4, 0.5) is 0 Å². The first-order valence-corrected chi connectivity index (χ1v) is 10.4. The topological polar surface area (TPSA) is 92.0 Å². The van der Waals surface area contributed by atoms with Crippen LogP contribution in [-0.2, 0) is 19.1 Å². The molecule has 0 spiro atoms. The van der Waals surface area contributed by atoms with Crippen molar-refractivity contribution < 1.29 is 28.2 Å². The lowest BCUT2D eigenvalue weighted by Crippen LogP contribution is -2.52. The van der Waals surface area contributed by atoms with Crippen molar-refractivity contribution >= 4 is 22.9 Å². The molecule has 1 aliphatic rings. The lowest BCUT2D eigenvalue weighted by Gasteiger charge is -2.43. The van der Waals surface area contributed by atoms with Gasteiger partial charge in [-0.15, -0.1) is 0 Å². The molecule has 0 radical (unpaired) electrons. The summed E-state index contributed by atoms with van der Waals surface area (Å²) >= 11 is 0. The summed E-state index contributed by atoms with van der Waals surface area (Å²) in [5.74, 6) is -0.913. The molecule has 0 amide bonds. The monoisotopic (exact) mass is 428 g/mol. The van der Waals surface area contributed by atoms with Crippen molar-refractivity contribution in [1.29, 1.82) is 0 Å². The Balaban J connectivity index is 2.21. The van der Waals surface area contributed by atoms with E-state index >= 15 is 0 Å². The fraction of sp³-hybridized carbons (Fsp3) is 0.458.